The fourth-order valence-electron chi connectivity index (χ4n) is 3.56. The lowest BCUT2D eigenvalue weighted by atomic mass is 9.92. The van der Waals surface area contributed by atoms with Crippen LogP contribution in [0.4, 0.5) is 0 Å². The first-order chi connectivity index (χ1) is 13.6. The highest BCUT2D eigenvalue weighted by molar-refractivity contribution is 9.10. The van der Waals surface area contributed by atoms with E-state index in [1.165, 1.54) is 10.9 Å². The van der Waals surface area contributed by atoms with E-state index in [2.05, 4.69) is 37.8 Å². The van der Waals surface area contributed by atoms with Crippen molar-refractivity contribution in [3.8, 4) is 0 Å². The number of aromatic amines is 1. The lowest BCUT2D eigenvalue weighted by molar-refractivity contribution is -0.120. The number of carbonyl (C=O) groups excluding carboxylic acids is 1. The summed E-state index contributed by atoms with van der Waals surface area (Å²) in [6.07, 6.45) is 1.77. The van der Waals surface area contributed by atoms with Crippen LogP contribution in [0.5, 0.6) is 0 Å². The number of carbonyl (C=O) groups is 1. The minimum Gasteiger partial charge on any atom is -0.392 e. The molecule has 1 aliphatic rings. The molecule has 0 bridgehead atoms. The minimum atomic E-state index is -0.120. The molecule has 2 heterocycles. The molecule has 1 aromatic heterocycles. The first-order valence-electron chi connectivity index (χ1n) is 9.32. The number of rotatable bonds is 4. The number of nitrogens with one attached hydrogen (secondary N) is 1. The molecule has 1 unspecified atom stereocenters. The van der Waals surface area contributed by atoms with Gasteiger partial charge < -0.3 is 19.7 Å². The number of hydrogen-bond acceptors (Lipinski definition) is 3. The maximum Gasteiger partial charge on any atom is 0.210 e. The number of nitrogens with zero attached hydrogens (tertiary/aromatic N) is 1. The van der Waals surface area contributed by atoms with E-state index in [9.17, 15) is 9.90 Å². The van der Waals surface area contributed by atoms with Gasteiger partial charge in [-0.3, -0.25) is 4.79 Å². The second kappa shape index (κ2) is 9.37. The fourth-order valence-corrected chi connectivity index (χ4v) is 3.92. The Bertz CT molecular complexity index is 935. The molecular weight excluding hydrogens is 420 g/mol. The minimum absolute atomic E-state index is 0.0218. The van der Waals surface area contributed by atoms with Gasteiger partial charge in [-0.05, 0) is 48.2 Å². The Morgan fingerprint density at radius 2 is 2.00 bits per heavy atom. The van der Waals surface area contributed by atoms with Crippen LogP contribution in [0.3, 0.4) is 0 Å². The number of H-pyrrole nitrogens is 1. The van der Waals surface area contributed by atoms with Crippen LogP contribution in [0.15, 0.2) is 46.9 Å². The summed E-state index contributed by atoms with van der Waals surface area (Å²) >= 11 is 3.54. The van der Waals surface area contributed by atoms with Crippen molar-refractivity contribution in [1.82, 2.24) is 9.88 Å². The molecule has 1 amide bonds. The van der Waals surface area contributed by atoms with E-state index in [-0.39, 0.29) is 12.6 Å². The third kappa shape index (κ3) is 4.14. The van der Waals surface area contributed by atoms with Gasteiger partial charge in [0.15, 0.2) is 0 Å². The van der Waals surface area contributed by atoms with Gasteiger partial charge in [-0.25, -0.2) is 0 Å². The SMILES string of the molecule is CCOC.O=CN1CCc2c([nH]c3ccc(Br)cc23)C1c1ccc(CO)cc1. The van der Waals surface area contributed by atoms with Crippen molar-refractivity contribution in [2.45, 2.75) is 26.0 Å². The van der Waals surface area contributed by atoms with Crippen LogP contribution in [0.2, 0.25) is 0 Å². The zero-order valence-electron chi connectivity index (χ0n) is 16.1. The van der Waals surface area contributed by atoms with Gasteiger partial charge in [-0.1, -0.05) is 40.2 Å². The number of hydrogen-bond donors (Lipinski definition) is 2. The summed E-state index contributed by atoms with van der Waals surface area (Å²) in [5.74, 6) is 0. The van der Waals surface area contributed by atoms with Gasteiger partial charge in [0.25, 0.3) is 0 Å². The normalized spacial score (nSPS) is 15.7. The fraction of sp³-hybridized carbons (Fsp3) is 0.318. The van der Waals surface area contributed by atoms with E-state index in [0.717, 1.165) is 46.2 Å². The molecule has 6 heteroatoms. The number of aliphatic hydroxyl groups is 1. The molecule has 1 atom stereocenters. The summed E-state index contributed by atoms with van der Waals surface area (Å²) < 4.78 is 5.60. The van der Waals surface area contributed by atoms with Crippen molar-refractivity contribution in [2.24, 2.45) is 0 Å². The second-order valence-corrected chi connectivity index (χ2v) is 7.60. The maximum atomic E-state index is 11.6. The Morgan fingerprint density at radius 1 is 1.29 bits per heavy atom. The third-order valence-electron chi connectivity index (χ3n) is 5.03. The molecule has 3 aromatic rings. The van der Waals surface area contributed by atoms with Crippen LogP contribution < -0.4 is 0 Å². The van der Waals surface area contributed by atoms with Gasteiger partial charge in [0.2, 0.25) is 6.41 Å². The van der Waals surface area contributed by atoms with Crippen molar-refractivity contribution < 1.29 is 14.6 Å². The van der Waals surface area contributed by atoms with Gasteiger partial charge in [0.1, 0.15) is 0 Å². The summed E-state index contributed by atoms with van der Waals surface area (Å²) in [5, 5.41) is 10.4. The van der Waals surface area contributed by atoms with Crippen molar-refractivity contribution in [1.29, 1.82) is 0 Å². The van der Waals surface area contributed by atoms with Crippen molar-refractivity contribution in [2.75, 3.05) is 20.3 Å². The Labute approximate surface area is 173 Å². The molecule has 0 aliphatic carbocycles. The van der Waals surface area contributed by atoms with E-state index in [4.69, 9.17) is 0 Å². The van der Waals surface area contributed by atoms with E-state index in [0.29, 0.717) is 6.54 Å². The van der Waals surface area contributed by atoms with Gasteiger partial charge in [-0.15, -0.1) is 0 Å². The number of aromatic nitrogens is 1. The van der Waals surface area contributed by atoms with Gasteiger partial charge in [0.05, 0.1) is 12.6 Å². The quantitative estimate of drug-likeness (QED) is 0.593. The molecule has 0 radical (unpaired) electrons. The average molecular weight is 445 g/mol. The van der Waals surface area contributed by atoms with Crippen molar-refractivity contribution in [3.05, 3.63) is 69.3 Å². The van der Waals surface area contributed by atoms with Crippen LogP contribution in [0, 0.1) is 0 Å². The number of halogens is 1. The van der Waals surface area contributed by atoms with Crippen LogP contribution >= 0.6 is 15.9 Å². The highest BCUT2D eigenvalue weighted by Crippen LogP contribution is 2.38. The molecule has 4 rings (SSSR count). The standard InChI is InChI=1S/C19H17BrN2O2.C3H8O/c20-14-5-6-17-16(9-14)15-7-8-22(11-24)19(18(15)21-17)13-3-1-12(10-23)2-4-13;1-3-4-2/h1-6,9,11,19,21,23H,7-8,10H2;3H2,1-2H3. The molecular formula is C22H25BrN2O3. The summed E-state index contributed by atoms with van der Waals surface area (Å²) in [6.45, 7) is 3.50. The van der Waals surface area contributed by atoms with Crippen LogP contribution in [0.1, 0.15) is 35.3 Å². The van der Waals surface area contributed by atoms with Gasteiger partial charge >= 0.3 is 0 Å². The summed E-state index contributed by atoms with van der Waals surface area (Å²) in [6, 6.07) is 13.9. The topological polar surface area (TPSA) is 65.6 Å². The Morgan fingerprint density at radius 3 is 2.61 bits per heavy atom. The van der Waals surface area contributed by atoms with Crippen LogP contribution in [-0.2, 0) is 22.6 Å². The van der Waals surface area contributed by atoms with Gasteiger partial charge in [-0.2, -0.15) is 0 Å². The predicted molar refractivity (Wildman–Crippen MR) is 114 cm³/mol. The first kappa shape index (κ1) is 20.6. The smallest absolute Gasteiger partial charge is 0.210 e. The van der Waals surface area contributed by atoms with Crippen LogP contribution in [-0.4, -0.2) is 41.7 Å². The summed E-state index contributed by atoms with van der Waals surface area (Å²) in [7, 11) is 1.68. The molecule has 2 N–H and O–H groups in total. The molecule has 148 valence electrons. The number of benzene rings is 2. The zero-order valence-corrected chi connectivity index (χ0v) is 17.7. The molecule has 28 heavy (non-hydrogen) atoms. The van der Waals surface area contributed by atoms with E-state index < -0.39 is 0 Å². The Balaban J connectivity index is 0.000000516. The third-order valence-corrected chi connectivity index (χ3v) is 5.52. The summed E-state index contributed by atoms with van der Waals surface area (Å²) in [4.78, 5) is 17.0. The summed E-state index contributed by atoms with van der Waals surface area (Å²) in [5.41, 5.74) is 5.37. The zero-order chi connectivity index (χ0) is 20.1. The lowest BCUT2D eigenvalue weighted by Gasteiger charge is -2.33. The van der Waals surface area contributed by atoms with E-state index in [1.807, 2.05) is 42.2 Å². The number of fused-ring (bicyclic) bond motifs is 3. The monoisotopic (exact) mass is 444 g/mol. The molecule has 1 aliphatic heterocycles. The van der Waals surface area contributed by atoms with E-state index in [1.54, 1.807) is 7.11 Å². The molecule has 0 spiro atoms. The average Bonchev–Trinajstić information content (AvgIpc) is 3.11. The Kier molecular flexibility index (Phi) is 6.88. The predicted octanol–water partition coefficient (Wildman–Crippen LogP) is 4.18. The number of methoxy groups -OCH3 is 1. The highest BCUT2D eigenvalue weighted by Gasteiger charge is 2.30. The second-order valence-electron chi connectivity index (χ2n) is 6.68. The molecule has 5 nitrogen and oxygen atoms in total. The van der Waals surface area contributed by atoms with E-state index >= 15 is 0 Å². The first-order valence-corrected chi connectivity index (χ1v) is 10.1. The van der Waals surface area contributed by atoms with Gasteiger partial charge in [0, 0.05) is 41.3 Å². The molecule has 0 saturated carbocycles. The lowest BCUT2D eigenvalue weighted by Crippen LogP contribution is -2.35. The largest absolute Gasteiger partial charge is 0.392 e. The molecule has 0 fully saturated rings. The maximum absolute atomic E-state index is 11.6. The molecule has 0 saturated heterocycles. The van der Waals surface area contributed by atoms with Crippen molar-refractivity contribution >= 4 is 33.2 Å². The van der Waals surface area contributed by atoms with Crippen molar-refractivity contribution in [3.63, 3.8) is 0 Å². The number of ether oxygens (including phenoxy) is 1. The number of amides is 1. The number of aliphatic hydroxyl groups excluding tert-OH is 1. The molecule has 2 aromatic carbocycles. The highest BCUT2D eigenvalue weighted by atomic mass is 79.9. The van der Waals surface area contributed by atoms with Crippen LogP contribution in [0.25, 0.3) is 10.9 Å². The Hall–Kier alpha value is -2.15.